The summed E-state index contributed by atoms with van der Waals surface area (Å²) in [6.07, 6.45) is 0.318. The lowest BCUT2D eigenvalue weighted by atomic mass is 10.0. The Kier molecular flexibility index (Phi) is 14.7. The molecule has 2 amide bonds. The lowest BCUT2D eigenvalue weighted by Gasteiger charge is -2.37. The van der Waals surface area contributed by atoms with Gasteiger partial charge in [-0.15, -0.1) is 0 Å². The van der Waals surface area contributed by atoms with Crippen LogP contribution < -0.4 is 19.3 Å². The molecule has 288 valence electrons. The van der Waals surface area contributed by atoms with Gasteiger partial charge in [-0.3, -0.25) is 14.5 Å². The summed E-state index contributed by atoms with van der Waals surface area (Å²) in [7, 11) is 5.03. The molecule has 1 aliphatic rings. The largest absolute Gasteiger partial charge is 0.493 e. The van der Waals surface area contributed by atoms with Gasteiger partial charge in [-0.2, -0.15) is 0 Å². The van der Waals surface area contributed by atoms with E-state index in [1.807, 2.05) is 120 Å². The van der Waals surface area contributed by atoms with E-state index < -0.39 is 11.7 Å². The molecular weight excluding hydrogens is 681 g/mol. The molecule has 1 unspecified atom stereocenters. The van der Waals surface area contributed by atoms with E-state index in [1.165, 1.54) is 5.56 Å². The van der Waals surface area contributed by atoms with Crippen LogP contribution in [0.5, 0.6) is 11.5 Å². The molecule has 10 heteroatoms. The van der Waals surface area contributed by atoms with E-state index >= 15 is 0 Å². The molecule has 1 saturated heterocycles. The van der Waals surface area contributed by atoms with Crippen molar-refractivity contribution in [3.05, 3.63) is 119 Å². The van der Waals surface area contributed by atoms with Gasteiger partial charge in [-0.25, -0.2) is 4.79 Å². The number of anilines is 2. The van der Waals surface area contributed by atoms with Crippen molar-refractivity contribution >= 4 is 29.7 Å². The summed E-state index contributed by atoms with van der Waals surface area (Å²) in [6.45, 7) is 16.4. The summed E-state index contributed by atoms with van der Waals surface area (Å²) in [6, 6.07) is 28.4. The summed E-state index contributed by atoms with van der Waals surface area (Å²) in [5.41, 5.74) is 4.61. The fraction of sp³-hybridized carbons (Fsp3) is 0.386. The van der Waals surface area contributed by atoms with Crippen molar-refractivity contribution in [3.8, 4) is 11.5 Å². The third-order valence-electron chi connectivity index (χ3n) is 9.48. The molecule has 0 N–H and O–H groups in total. The van der Waals surface area contributed by atoms with Gasteiger partial charge >= 0.3 is 6.09 Å². The highest BCUT2D eigenvalue weighted by atomic mass is 16.6. The van der Waals surface area contributed by atoms with E-state index in [1.54, 1.807) is 37.1 Å². The van der Waals surface area contributed by atoms with Gasteiger partial charge in [0.2, 0.25) is 0 Å². The summed E-state index contributed by atoms with van der Waals surface area (Å²) in [5.74, 6) is 1.34. The molecule has 4 aromatic carbocycles. The van der Waals surface area contributed by atoms with Crippen LogP contribution in [0.25, 0.3) is 0 Å². The van der Waals surface area contributed by atoms with E-state index in [2.05, 4.69) is 16.7 Å². The Morgan fingerprint density at radius 2 is 1.52 bits per heavy atom. The molecule has 4 aromatic rings. The van der Waals surface area contributed by atoms with E-state index in [0.29, 0.717) is 23.4 Å². The third kappa shape index (κ3) is 10.9. The Balaban J connectivity index is 0.000000506. The Morgan fingerprint density at radius 1 is 0.852 bits per heavy atom. The number of carbonyl (C=O) groups excluding carboxylic acids is 3. The number of aldehydes is 1. The molecule has 54 heavy (non-hydrogen) atoms. The number of piperazine rings is 1. The van der Waals surface area contributed by atoms with Crippen molar-refractivity contribution in [2.75, 3.05) is 63.8 Å². The SMILES string of the molecule is CCN1CCN(c2cccc(C=O)c2C(=O)N(C)C(C)c2cccc(N(Cc3ccccc3)C(=O)OC(C)(C)C)c2)CC1.COc1ccc(C)cc1OC. The van der Waals surface area contributed by atoms with E-state index in [0.717, 1.165) is 67.3 Å². The molecule has 5 rings (SSSR count). The summed E-state index contributed by atoms with van der Waals surface area (Å²) < 4.78 is 15.9. The average molecular weight is 737 g/mol. The predicted molar refractivity (Wildman–Crippen MR) is 216 cm³/mol. The van der Waals surface area contributed by atoms with Crippen molar-refractivity contribution in [2.45, 2.75) is 59.7 Å². The minimum Gasteiger partial charge on any atom is -0.493 e. The van der Waals surface area contributed by atoms with Crippen molar-refractivity contribution < 1.29 is 28.6 Å². The Hall–Kier alpha value is -5.35. The molecule has 0 saturated carbocycles. The number of aryl methyl sites for hydroxylation is 1. The topological polar surface area (TPSA) is 91.9 Å². The van der Waals surface area contributed by atoms with Gasteiger partial charge < -0.3 is 28.9 Å². The van der Waals surface area contributed by atoms with Crippen molar-refractivity contribution in [3.63, 3.8) is 0 Å². The maximum absolute atomic E-state index is 14.1. The van der Waals surface area contributed by atoms with Gasteiger partial charge in [0.15, 0.2) is 17.8 Å². The average Bonchev–Trinajstić information content (AvgIpc) is 3.18. The highest BCUT2D eigenvalue weighted by Crippen LogP contribution is 2.31. The molecule has 0 radical (unpaired) electrons. The standard InChI is InChI=1S/C35H44N4O4.C9H12O2/c1-7-37-19-21-38(22-20-37)31-18-12-16-29(25-40)32(31)33(41)36(6)26(2)28-15-11-17-30(23-28)39(34(42)43-35(3,4)5)24-27-13-9-8-10-14-27;1-7-4-5-8(10-2)9(6-7)11-3/h8-18,23,25-26H,7,19-22,24H2,1-6H3;4-6H,1-3H3. The molecule has 0 aliphatic carbocycles. The molecule has 1 atom stereocenters. The molecule has 1 heterocycles. The first-order valence-corrected chi connectivity index (χ1v) is 18.5. The summed E-state index contributed by atoms with van der Waals surface area (Å²) in [5, 5.41) is 0. The number of hydrogen-bond acceptors (Lipinski definition) is 8. The van der Waals surface area contributed by atoms with Crippen LogP contribution in [0, 0.1) is 6.92 Å². The number of carbonyl (C=O) groups is 3. The van der Waals surface area contributed by atoms with E-state index in [4.69, 9.17) is 14.2 Å². The van der Waals surface area contributed by atoms with Gasteiger partial charge in [-0.1, -0.05) is 67.6 Å². The number of hydrogen-bond donors (Lipinski definition) is 0. The van der Waals surface area contributed by atoms with E-state index in [9.17, 15) is 14.4 Å². The second-order valence-electron chi connectivity index (χ2n) is 14.4. The third-order valence-corrected chi connectivity index (χ3v) is 9.48. The van der Waals surface area contributed by atoms with Crippen LogP contribution in [-0.2, 0) is 11.3 Å². The zero-order valence-electron chi connectivity index (χ0n) is 33.3. The molecule has 0 bridgehead atoms. The number of benzene rings is 4. The maximum Gasteiger partial charge on any atom is 0.415 e. The first kappa shape index (κ1) is 41.4. The first-order chi connectivity index (χ1) is 25.8. The van der Waals surface area contributed by atoms with Crippen LogP contribution in [0.4, 0.5) is 16.2 Å². The smallest absolute Gasteiger partial charge is 0.415 e. The Bertz CT molecular complexity index is 1850. The zero-order chi connectivity index (χ0) is 39.4. The van der Waals surface area contributed by atoms with Crippen molar-refractivity contribution in [2.24, 2.45) is 0 Å². The number of nitrogens with zero attached hydrogens (tertiary/aromatic N) is 4. The second kappa shape index (κ2) is 19.1. The summed E-state index contributed by atoms with van der Waals surface area (Å²) in [4.78, 5) is 47.4. The molecular formula is C44H56N4O6. The number of ether oxygens (including phenoxy) is 3. The minimum absolute atomic E-state index is 0.221. The molecule has 10 nitrogen and oxygen atoms in total. The predicted octanol–water partition coefficient (Wildman–Crippen LogP) is 8.43. The number of rotatable bonds is 11. The quantitative estimate of drug-likeness (QED) is 0.142. The van der Waals surface area contributed by atoms with Crippen molar-refractivity contribution in [1.29, 1.82) is 0 Å². The van der Waals surface area contributed by atoms with Crippen LogP contribution in [-0.4, -0.2) is 87.7 Å². The fourth-order valence-corrected chi connectivity index (χ4v) is 6.27. The van der Waals surface area contributed by atoms with Gasteiger partial charge in [0.25, 0.3) is 5.91 Å². The normalized spacial score (nSPS) is 13.5. The number of methoxy groups -OCH3 is 2. The van der Waals surface area contributed by atoms with Crippen LogP contribution in [0.2, 0.25) is 0 Å². The lowest BCUT2D eigenvalue weighted by molar-refractivity contribution is 0.0576. The summed E-state index contributed by atoms with van der Waals surface area (Å²) >= 11 is 0. The highest BCUT2D eigenvalue weighted by Gasteiger charge is 2.29. The molecule has 0 aromatic heterocycles. The van der Waals surface area contributed by atoms with Crippen LogP contribution in [0.3, 0.4) is 0 Å². The van der Waals surface area contributed by atoms with Crippen LogP contribution >= 0.6 is 0 Å². The fourth-order valence-electron chi connectivity index (χ4n) is 6.27. The highest BCUT2D eigenvalue weighted by molar-refractivity contribution is 6.06. The molecule has 0 spiro atoms. The second-order valence-corrected chi connectivity index (χ2v) is 14.4. The van der Waals surface area contributed by atoms with Crippen molar-refractivity contribution in [1.82, 2.24) is 9.80 Å². The number of likely N-dealkylation sites (N-methyl/N-ethyl adjacent to an activating group) is 1. The van der Waals surface area contributed by atoms with E-state index in [-0.39, 0.29) is 11.9 Å². The Morgan fingerprint density at radius 3 is 2.13 bits per heavy atom. The van der Waals surface area contributed by atoms with Gasteiger partial charge in [0.1, 0.15) is 5.60 Å². The molecule has 1 fully saturated rings. The maximum atomic E-state index is 14.1. The number of amides is 2. The lowest BCUT2D eigenvalue weighted by Crippen LogP contribution is -2.47. The van der Waals surface area contributed by atoms with Crippen LogP contribution in [0.15, 0.2) is 91.0 Å². The first-order valence-electron chi connectivity index (χ1n) is 18.5. The van der Waals surface area contributed by atoms with Gasteiger partial charge in [-0.05, 0) is 88.2 Å². The minimum atomic E-state index is -0.656. The molecule has 1 aliphatic heterocycles. The monoisotopic (exact) mass is 736 g/mol. The van der Waals surface area contributed by atoms with Gasteiger partial charge in [0, 0.05) is 44.5 Å². The van der Waals surface area contributed by atoms with Gasteiger partial charge in [0.05, 0.1) is 38.1 Å². The van der Waals surface area contributed by atoms with Crippen LogP contribution in [0.1, 0.15) is 78.1 Å². The Labute approximate surface area is 321 Å². The zero-order valence-corrected chi connectivity index (χ0v) is 33.3.